The van der Waals surface area contributed by atoms with E-state index >= 15 is 0 Å². The zero-order valence-corrected chi connectivity index (χ0v) is 11.9. The lowest BCUT2D eigenvalue weighted by atomic mass is 10.1. The minimum absolute atomic E-state index is 0.186. The third-order valence-corrected chi connectivity index (χ3v) is 3.75. The summed E-state index contributed by atoms with van der Waals surface area (Å²) in [4.78, 5) is 3.11. The molecule has 0 amide bonds. The zero-order valence-electron chi connectivity index (χ0n) is 11.1. The van der Waals surface area contributed by atoms with Crippen LogP contribution < -0.4 is 0 Å². The summed E-state index contributed by atoms with van der Waals surface area (Å²) in [6, 6.07) is 3.81. The van der Waals surface area contributed by atoms with Crippen LogP contribution in [0.1, 0.15) is 44.7 Å². The summed E-state index contributed by atoms with van der Waals surface area (Å²) in [6.07, 6.45) is 3.24. The molecule has 98 valence electrons. The summed E-state index contributed by atoms with van der Waals surface area (Å²) in [5.41, 5.74) is 2.47. The SMILES string of the molecule is CCCC(CC)n1c(=S)[nH]c2cc(F)c(C)cc21. The maximum absolute atomic E-state index is 13.6. The van der Waals surface area contributed by atoms with Crippen molar-refractivity contribution in [2.45, 2.75) is 46.1 Å². The molecule has 1 N–H and O–H groups in total. The van der Waals surface area contributed by atoms with Gasteiger partial charge in [0.05, 0.1) is 11.0 Å². The molecule has 0 fully saturated rings. The number of nitrogens with zero attached hydrogens (tertiary/aromatic N) is 1. The molecular weight excluding hydrogens is 247 g/mol. The highest BCUT2D eigenvalue weighted by atomic mass is 32.1. The average Bonchev–Trinajstić information content (AvgIpc) is 2.63. The van der Waals surface area contributed by atoms with Crippen LogP contribution in [0, 0.1) is 17.5 Å². The quantitative estimate of drug-likeness (QED) is 0.781. The van der Waals surface area contributed by atoms with Gasteiger partial charge in [0.2, 0.25) is 0 Å². The molecule has 2 rings (SSSR count). The fraction of sp³-hybridized carbons (Fsp3) is 0.500. The van der Waals surface area contributed by atoms with Crippen molar-refractivity contribution in [1.29, 1.82) is 0 Å². The lowest BCUT2D eigenvalue weighted by Gasteiger charge is -2.17. The molecule has 0 aliphatic carbocycles. The van der Waals surface area contributed by atoms with Gasteiger partial charge in [0.1, 0.15) is 5.82 Å². The Kier molecular flexibility index (Phi) is 3.85. The Hall–Kier alpha value is -1.16. The standard InChI is InChI=1S/C14H19FN2S/c1-4-6-10(5-2)17-13-7-9(3)11(15)8-12(13)16-14(17)18/h7-8,10H,4-6H2,1-3H3,(H,16,18). The van der Waals surface area contributed by atoms with E-state index in [0.717, 1.165) is 30.3 Å². The molecule has 0 spiro atoms. The minimum Gasteiger partial charge on any atom is -0.330 e. The molecule has 0 radical (unpaired) electrons. The summed E-state index contributed by atoms with van der Waals surface area (Å²) < 4.78 is 16.4. The number of aryl methyl sites for hydroxylation is 1. The normalized spacial score (nSPS) is 13.1. The van der Waals surface area contributed by atoms with E-state index in [1.54, 1.807) is 6.92 Å². The number of halogens is 1. The second kappa shape index (κ2) is 5.22. The Morgan fingerprint density at radius 2 is 2.11 bits per heavy atom. The van der Waals surface area contributed by atoms with Gasteiger partial charge in [-0.1, -0.05) is 20.3 Å². The first-order valence-corrected chi connectivity index (χ1v) is 6.89. The molecule has 0 saturated carbocycles. The van der Waals surface area contributed by atoms with Gasteiger partial charge in [-0.25, -0.2) is 4.39 Å². The van der Waals surface area contributed by atoms with Crippen LogP contribution in [-0.4, -0.2) is 9.55 Å². The number of aromatic nitrogens is 2. The lowest BCUT2D eigenvalue weighted by molar-refractivity contribution is 0.453. The molecule has 0 bridgehead atoms. The van der Waals surface area contributed by atoms with Gasteiger partial charge in [0.25, 0.3) is 0 Å². The molecule has 2 nitrogen and oxygen atoms in total. The molecule has 1 unspecified atom stereocenters. The highest BCUT2D eigenvalue weighted by Crippen LogP contribution is 2.26. The second-order valence-corrected chi connectivity index (χ2v) is 5.16. The van der Waals surface area contributed by atoms with Crippen LogP contribution in [-0.2, 0) is 0 Å². The van der Waals surface area contributed by atoms with Crippen molar-refractivity contribution < 1.29 is 4.39 Å². The van der Waals surface area contributed by atoms with Gasteiger partial charge in [0, 0.05) is 6.04 Å². The number of imidazole rings is 1. The number of aromatic amines is 1. The van der Waals surface area contributed by atoms with E-state index in [1.165, 1.54) is 6.07 Å². The molecule has 4 heteroatoms. The monoisotopic (exact) mass is 266 g/mol. The van der Waals surface area contributed by atoms with Crippen molar-refractivity contribution in [1.82, 2.24) is 9.55 Å². The maximum atomic E-state index is 13.6. The Morgan fingerprint density at radius 1 is 1.39 bits per heavy atom. The summed E-state index contributed by atoms with van der Waals surface area (Å²) in [5.74, 6) is -0.186. The van der Waals surface area contributed by atoms with Crippen molar-refractivity contribution in [3.8, 4) is 0 Å². The predicted molar refractivity (Wildman–Crippen MR) is 76.1 cm³/mol. The Balaban J connectivity index is 2.66. The van der Waals surface area contributed by atoms with Crippen molar-refractivity contribution in [2.75, 3.05) is 0 Å². The number of hydrogen-bond donors (Lipinski definition) is 1. The number of nitrogens with one attached hydrogen (secondary N) is 1. The first-order chi connectivity index (χ1) is 8.58. The zero-order chi connectivity index (χ0) is 13.3. The van der Waals surface area contributed by atoms with Crippen LogP contribution in [0.25, 0.3) is 11.0 Å². The summed E-state index contributed by atoms with van der Waals surface area (Å²) in [7, 11) is 0. The fourth-order valence-electron chi connectivity index (χ4n) is 2.46. The molecule has 1 aromatic carbocycles. The molecule has 0 saturated heterocycles. The van der Waals surface area contributed by atoms with Gasteiger partial charge in [-0.3, -0.25) is 0 Å². The van der Waals surface area contributed by atoms with Gasteiger partial charge in [0.15, 0.2) is 4.77 Å². The second-order valence-electron chi connectivity index (χ2n) is 4.77. The average molecular weight is 266 g/mol. The first-order valence-electron chi connectivity index (χ1n) is 6.48. The number of rotatable bonds is 4. The molecule has 1 aromatic heterocycles. The fourth-order valence-corrected chi connectivity index (χ4v) is 2.82. The summed E-state index contributed by atoms with van der Waals surface area (Å²) in [5, 5.41) is 0. The molecule has 0 aliphatic heterocycles. The van der Waals surface area contributed by atoms with Gasteiger partial charge < -0.3 is 9.55 Å². The molecule has 1 heterocycles. The van der Waals surface area contributed by atoms with E-state index < -0.39 is 0 Å². The first kappa shape index (κ1) is 13.3. The largest absolute Gasteiger partial charge is 0.330 e. The number of H-pyrrole nitrogens is 1. The highest BCUT2D eigenvalue weighted by Gasteiger charge is 2.14. The molecule has 18 heavy (non-hydrogen) atoms. The molecular formula is C14H19FN2S. The molecule has 2 aromatic rings. The Labute approximate surface area is 112 Å². The van der Waals surface area contributed by atoms with Gasteiger partial charge in [-0.2, -0.15) is 0 Å². The van der Waals surface area contributed by atoms with Crippen LogP contribution in [0.15, 0.2) is 12.1 Å². The van der Waals surface area contributed by atoms with Gasteiger partial charge in [-0.05, 0) is 49.7 Å². The Morgan fingerprint density at radius 3 is 2.72 bits per heavy atom. The highest BCUT2D eigenvalue weighted by molar-refractivity contribution is 7.71. The van der Waals surface area contributed by atoms with E-state index in [9.17, 15) is 4.39 Å². The number of hydrogen-bond acceptors (Lipinski definition) is 1. The van der Waals surface area contributed by atoms with E-state index in [4.69, 9.17) is 12.2 Å². The minimum atomic E-state index is -0.186. The van der Waals surface area contributed by atoms with Crippen LogP contribution in [0.5, 0.6) is 0 Å². The number of fused-ring (bicyclic) bond motifs is 1. The smallest absolute Gasteiger partial charge is 0.178 e. The van der Waals surface area contributed by atoms with E-state index in [2.05, 4.69) is 23.4 Å². The van der Waals surface area contributed by atoms with Crippen LogP contribution in [0.4, 0.5) is 4.39 Å². The van der Waals surface area contributed by atoms with Gasteiger partial charge in [-0.15, -0.1) is 0 Å². The van der Waals surface area contributed by atoms with Crippen LogP contribution in [0.3, 0.4) is 0 Å². The van der Waals surface area contributed by atoms with Gasteiger partial charge >= 0.3 is 0 Å². The molecule has 1 atom stereocenters. The van der Waals surface area contributed by atoms with Crippen molar-refractivity contribution in [3.63, 3.8) is 0 Å². The summed E-state index contributed by atoms with van der Waals surface area (Å²) in [6.45, 7) is 6.12. The van der Waals surface area contributed by atoms with E-state index in [1.807, 2.05) is 6.07 Å². The third-order valence-electron chi connectivity index (χ3n) is 3.46. The van der Waals surface area contributed by atoms with Crippen LogP contribution >= 0.6 is 12.2 Å². The maximum Gasteiger partial charge on any atom is 0.178 e. The predicted octanol–water partition coefficient (Wildman–Crippen LogP) is 4.90. The van der Waals surface area contributed by atoms with E-state index in [-0.39, 0.29) is 5.82 Å². The number of benzene rings is 1. The summed E-state index contributed by atoms with van der Waals surface area (Å²) >= 11 is 5.38. The van der Waals surface area contributed by atoms with Crippen molar-refractivity contribution in [2.24, 2.45) is 0 Å². The van der Waals surface area contributed by atoms with Crippen molar-refractivity contribution in [3.05, 3.63) is 28.3 Å². The lowest BCUT2D eigenvalue weighted by Crippen LogP contribution is -2.08. The Bertz CT molecular complexity index is 612. The third kappa shape index (κ3) is 2.21. The van der Waals surface area contributed by atoms with Crippen molar-refractivity contribution >= 4 is 23.3 Å². The van der Waals surface area contributed by atoms with E-state index in [0.29, 0.717) is 16.4 Å². The topological polar surface area (TPSA) is 20.7 Å². The van der Waals surface area contributed by atoms with Crippen LogP contribution in [0.2, 0.25) is 0 Å². The molecule has 0 aliphatic rings.